The number of benzene rings is 1. The van der Waals surface area contributed by atoms with E-state index < -0.39 is 0 Å². The first-order valence-electron chi connectivity index (χ1n) is 8.68. The van der Waals surface area contributed by atoms with Gasteiger partial charge in [0.05, 0.1) is 10.9 Å². The number of H-pyrrole nitrogens is 1. The first kappa shape index (κ1) is 19.0. The number of hydrogen-bond acceptors (Lipinski definition) is 6. The summed E-state index contributed by atoms with van der Waals surface area (Å²) in [5.41, 5.74) is 2.95. The SMILES string of the molecule is CC[C@@H](Sc1nc(Cc2ccc(O)cc2)c(C)[nH]1)C(=O)Nc1cc(C)on1. The van der Waals surface area contributed by atoms with Crippen LogP contribution >= 0.6 is 11.8 Å². The number of aromatic nitrogens is 3. The van der Waals surface area contributed by atoms with Crippen molar-refractivity contribution in [1.29, 1.82) is 0 Å². The minimum atomic E-state index is -0.297. The van der Waals surface area contributed by atoms with E-state index in [4.69, 9.17) is 4.52 Å². The van der Waals surface area contributed by atoms with Crippen LogP contribution < -0.4 is 5.32 Å². The number of thioether (sulfide) groups is 1. The molecule has 0 spiro atoms. The third-order valence-corrected chi connectivity index (χ3v) is 5.32. The first-order chi connectivity index (χ1) is 12.9. The number of anilines is 1. The normalized spacial score (nSPS) is 12.1. The monoisotopic (exact) mass is 386 g/mol. The number of phenolic OH excluding ortho intramolecular Hbond substituents is 1. The summed E-state index contributed by atoms with van der Waals surface area (Å²) in [6, 6.07) is 8.76. The van der Waals surface area contributed by atoms with Crippen molar-refractivity contribution in [3.8, 4) is 5.75 Å². The second-order valence-electron chi connectivity index (χ2n) is 6.28. The van der Waals surface area contributed by atoms with E-state index >= 15 is 0 Å². The summed E-state index contributed by atoms with van der Waals surface area (Å²) < 4.78 is 4.97. The molecule has 0 unspecified atom stereocenters. The molecule has 142 valence electrons. The minimum absolute atomic E-state index is 0.134. The summed E-state index contributed by atoms with van der Waals surface area (Å²) in [4.78, 5) is 20.4. The van der Waals surface area contributed by atoms with E-state index in [1.54, 1.807) is 25.1 Å². The van der Waals surface area contributed by atoms with Crippen LogP contribution in [0.15, 0.2) is 40.0 Å². The molecule has 0 fully saturated rings. The van der Waals surface area contributed by atoms with Crippen LogP contribution in [0.2, 0.25) is 0 Å². The van der Waals surface area contributed by atoms with Gasteiger partial charge in [-0.1, -0.05) is 36.0 Å². The van der Waals surface area contributed by atoms with Crippen molar-refractivity contribution < 1.29 is 14.4 Å². The zero-order valence-electron chi connectivity index (χ0n) is 15.4. The van der Waals surface area contributed by atoms with Crippen LogP contribution in [0, 0.1) is 13.8 Å². The number of phenols is 1. The smallest absolute Gasteiger partial charge is 0.239 e. The molecule has 0 aliphatic carbocycles. The van der Waals surface area contributed by atoms with Crippen LogP contribution in [-0.4, -0.2) is 31.4 Å². The molecule has 0 radical (unpaired) electrons. The Morgan fingerprint density at radius 2 is 2.07 bits per heavy atom. The maximum atomic E-state index is 12.5. The molecule has 27 heavy (non-hydrogen) atoms. The van der Waals surface area contributed by atoms with E-state index in [1.807, 2.05) is 26.0 Å². The first-order valence-corrected chi connectivity index (χ1v) is 9.56. The van der Waals surface area contributed by atoms with Gasteiger partial charge in [0.25, 0.3) is 0 Å². The fourth-order valence-electron chi connectivity index (χ4n) is 2.59. The second kappa shape index (κ2) is 8.30. The zero-order valence-corrected chi connectivity index (χ0v) is 16.3. The molecule has 0 aliphatic rings. The Balaban J connectivity index is 1.66. The van der Waals surface area contributed by atoms with Crippen LogP contribution in [0.4, 0.5) is 5.82 Å². The Hall–Kier alpha value is -2.74. The maximum Gasteiger partial charge on any atom is 0.239 e. The molecule has 1 aromatic carbocycles. The number of nitrogens with zero attached hydrogens (tertiary/aromatic N) is 2. The Bertz CT molecular complexity index is 917. The van der Waals surface area contributed by atoms with Crippen molar-refractivity contribution in [2.45, 2.75) is 44.0 Å². The molecule has 8 heteroatoms. The molecular formula is C19H22N4O3S. The number of aryl methyl sites for hydroxylation is 2. The van der Waals surface area contributed by atoms with Crippen molar-refractivity contribution in [3.63, 3.8) is 0 Å². The molecule has 7 nitrogen and oxygen atoms in total. The van der Waals surface area contributed by atoms with E-state index in [0.29, 0.717) is 29.6 Å². The van der Waals surface area contributed by atoms with Gasteiger partial charge < -0.3 is 19.9 Å². The Labute approximate surface area is 161 Å². The number of amides is 1. The van der Waals surface area contributed by atoms with E-state index in [1.165, 1.54) is 11.8 Å². The number of carbonyl (C=O) groups excluding carboxylic acids is 1. The Morgan fingerprint density at radius 1 is 1.33 bits per heavy atom. The van der Waals surface area contributed by atoms with Crippen LogP contribution in [0.5, 0.6) is 5.75 Å². The lowest BCUT2D eigenvalue weighted by atomic mass is 10.1. The van der Waals surface area contributed by atoms with Gasteiger partial charge in [0.15, 0.2) is 11.0 Å². The van der Waals surface area contributed by atoms with Crippen molar-refractivity contribution in [1.82, 2.24) is 15.1 Å². The van der Waals surface area contributed by atoms with Gasteiger partial charge in [-0.15, -0.1) is 0 Å². The molecule has 0 saturated heterocycles. The van der Waals surface area contributed by atoms with Gasteiger partial charge in [0.1, 0.15) is 11.5 Å². The molecule has 1 amide bonds. The number of imidazole rings is 1. The zero-order chi connectivity index (χ0) is 19.4. The highest BCUT2D eigenvalue weighted by molar-refractivity contribution is 8.00. The van der Waals surface area contributed by atoms with E-state index in [9.17, 15) is 9.90 Å². The number of rotatable bonds is 7. The quantitative estimate of drug-likeness (QED) is 0.533. The van der Waals surface area contributed by atoms with Crippen molar-refractivity contribution in [2.75, 3.05) is 5.32 Å². The van der Waals surface area contributed by atoms with Gasteiger partial charge in [-0.3, -0.25) is 4.79 Å². The van der Waals surface area contributed by atoms with E-state index in [2.05, 4.69) is 20.4 Å². The summed E-state index contributed by atoms with van der Waals surface area (Å²) in [6.45, 7) is 5.69. The highest BCUT2D eigenvalue weighted by Gasteiger charge is 2.21. The van der Waals surface area contributed by atoms with Gasteiger partial charge in [-0.25, -0.2) is 4.98 Å². The summed E-state index contributed by atoms with van der Waals surface area (Å²) in [5, 5.41) is 16.4. The molecule has 3 rings (SSSR count). The van der Waals surface area contributed by atoms with Crippen LogP contribution in [0.3, 0.4) is 0 Å². The third kappa shape index (κ3) is 4.91. The summed E-state index contributed by atoms with van der Waals surface area (Å²) in [6.07, 6.45) is 1.31. The predicted molar refractivity (Wildman–Crippen MR) is 104 cm³/mol. The highest BCUT2D eigenvalue weighted by Crippen LogP contribution is 2.26. The van der Waals surface area contributed by atoms with Crippen LogP contribution in [0.25, 0.3) is 0 Å². The van der Waals surface area contributed by atoms with Crippen molar-refractivity contribution >= 4 is 23.5 Å². The fourth-order valence-corrected chi connectivity index (χ4v) is 3.57. The molecule has 2 aromatic heterocycles. The summed E-state index contributed by atoms with van der Waals surface area (Å²) in [7, 11) is 0. The number of nitrogens with one attached hydrogen (secondary N) is 2. The average Bonchev–Trinajstić information content (AvgIpc) is 3.20. The molecule has 0 bridgehead atoms. The Morgan fingerprint density at radius 3 is 2.70 bits per heavy atom. The Kier molecular flexibility index (Phi) is 5.85. The van der Waals surface area contributed by atoms with Crippen LogP contribution in [0.1, 0.15) is 36.1 Å². The highest BCUT2D eigenvalue weighted by atomic mass is 32.2. The minimum Gasteiger partial charge on any atom is -0.508 e. The van der Waals surface area contributed by atoms with Gasteiger partial charge >= 0.3 is 0 Å². The second-order valence-corrected chi connectivity index (χ2v) is 7.48. The van der Waals surface area contributed by atoms with Gasteiger partial charge in [0, 0.05) is 18.2 Å². The molecule has 2 heterocycles. The number of aromatic hydroxyl groups is 1. The predicted octanol–water partition coefficient (Wildman–Crippen LogP) is 3.82. The molecule has 0 aliphatic heterocycles. The lowest BCUT2D eigenvalue weighted by Gasteiger charge is -2.11. The van der Waals surface area contributed by atoms with Gasteiger partial charge in [0.2, 0.25) is 5.91 Å². The van der Waals surface area contributed by atoms with Gasteiger partial charge in [-0.05, 0) is 38.0 Å². The number of hydrogen-bond donors (Lipinski definition) is 3. The average molecular weight is 386 g/mol. The van der Waals surface area contributed by atoms with E-state index in [0.717, 1.165) is 17.0 Å². The fraction of sp³-hybridized carbons (Fsp3) is 0.316. The standard InChI is InChI=1S/C19H22N4O3S/c1-4-16(18(25)22-17-9-11(2)26-23-17)27-19-20-12(3)15(21-19)10-13-5-7-14(24)8-6-13/h5-9,16,24H,4,10H2,1-3H3,(H,20,21)(H,22,23,25)/t16-/m1/s1. The molecule has 0 saturated carbocycles. The van der Waals surface area contributed by atoms with E-state index in [-0.39, 0.29) is 16.9 Å². The largest absolute Gasteiger partial charge is 0.508 e. The summed E-state index contributed by atoms with van der Waals surface area (Å²) in [5.74, 6) is 1.17. The number of aromatic amines is 1. The third-order valence-electron chi connectivity index (χ3n) is 4.07. The maximum absolute atomic E-state index is 12.5. The molecule has 1 atom stereocenters. The van der Waals surface area contributed by atoms with Gasteiger partial charge in [-0.2, -0.15) is 0 Å². The topological polar surface area (TPSA) is 104 Å². The lowest BCUT2D eigenvalue weighted by Crippen LogP contribution is -2.24. The lowest BCUT2D eigenvalue weighted by molar-refractivity contribution is -0.115. The molecular weight excluding hydrogens is 364 g/mol. The van der Waals surface area contributed by atoms with Crippen molar-refractivity contribution in [2.24, 2.45) is 0 Å². The molecule has 3 N–H and O–H groups in total. The van der Waals surface area contributed by atoms with Crippen molar-refractivity contribution in [3.05, 3.63) is 53.0 Å². The summed E-state index contributed by atoms with van der Waals surface area (Å²) >= 11 is 1.39. The van der Waals surface area contributed by atoms with Crippen LogP contribution in [-0.2, 0) is 11.2 Å². The number of carbonyl (C=O) groups is 1. The molecule has 3 aromatic rings.